The van der Waals surface area contributed by atoms with E-state index in [0.29, 0.717) is 30.3 Å². The Hall–Kier alpha value is -4.26. The van der Waals surface area contributed by atoms with Crippen LogP contribution in [0, 0.1) is 0 Å². The molecule has 0 saturated heterocycles. The van der Waals surface area contributed by atoms with E-state index in [1.54, 1.807) is 19.1 Å². The van der Waals surface area contributed by atoms with Crippen molar-refractivity contribution in [3.8, 4) is 11.5 Å². The Kier molecular flexibility index (Phi) is 6.14. The molecule has 1 aliphatic rings. The van der Waals surface area contributed by atoms with E-state index in [2.05, 4.69) is 5.32 Å². The molecule has 1 atom stereocenters. The van der Waals surface area contributed by atoms with Crippen LogP contribution in [0.25, 0.3) is 10.9 Å². The van der Waals surface area contributed by atoms with Crippen LogP contribution in [0.2, 0.25) is 0 Å². The standard InChI is InChI=1S/C29H29N3O4/c1-29(28(34)30-17-20-9-5-4-6-10-20)19-31-23-12-8-7-11-22(23)16-24(31)27(33)32(29)18-21-13-14-25(35-2)26(15-21)36-3/h4-16H,17-19H2,1-3H3,(H,30,34)/t29-/m0/s1. The van der Waals surface area contributed by atoms with E-state index in [4.69, 9.17) is 9.47 Å². The van der Waals surface area contributed by atoms with Gasteiger partial charge in [0.2, 0.25) is 5.91 Å². The molecule has 2 amide bonds. The van der Waals surface area contributed by atoms with E-state index in [9.17, 15) is 9.59 Å². The zero-order chi connectivity index (χ0) is 25.3. The Balaban J connectivity index is 1.53. The van der Waals surface area contributed by atoms with Gasteiger partial charge in [-0.25, -0.2) is 0 Å². The Bertz CT molecular complexity index is 1430. The number of para-hydroxylation sites is 1. The molecule has 4 aromatic rings. The van der Waals surface area contributed by atoms with Gasteiger partial charge in [-0.1, -0.05) is 54.6 Å². The lowest BCUT2D eigenvalue weighted by Crippen LogP contribution is -2.63. The largest absolute Gasteiger partial charge is 0.493 e. The first-order chi connectivity index (χ1) is 17.4. The summed E-state index contributed by atoms with van der Waals surface area (Å²) in [5.74, 6) is 0.784. The lowest BCUT2D eigenvalue weighted by molar-refractivity contribution is -0.133. The number of carbonyl (C=O) groups is 2. The molecule has 0 radical (unpaired) electrons. The molecule has 0 bridgehead atoms. The molecule has 2 heterocycles. The average Bonchev–Trinajstić information content (AvgIpc) is 3.28. The number of benzene rings is 3. The van der Waals surface area contributed by atoms with E-state index in [0.717, 1.165) is 22.0 Å². The van der Waals surface area contributed by atoms with Gasteiger partial charge in [0.15, 0.2) is 11.5 Å². The molecule has 3 aromatic carbocycles. The van der Waals surface area contributed by atoms with Crippen molar-refractivity contribution < 1.29 is 19.1 Å². The van der Waals surface area contributed by atoms with Gasteiger partial charge in [0.1, 0.15) is 11.2 Å². The van der Waals surface area contributed by atoms with Crippen LogP contribution in [-0.2, 0) is 24.4 Å². The molecule has 0 unspecified atom stereocenters. The Morgan fingerprint density at radius 1 is 0.917 bits per heavy atom. The first-order valence-electron chi connectivity index (χ1n) is 11.9. The molecule has 184 valence electrons. The monoisotopic (exact) mass is 483 g/mol. The number of aromatic nitrogens is 1. The number of nitrogens with zero attached hydrogens (tertiary/aromatic N) is 2. The van der Waals surface area contributed by atoms with Crippen LogP contribution in [0.1, 0.15) is 28.5 Å². The number of nitrogens with one attached hydrogen (secondary N) is 1. The van der Waals surface area contributed by atoms with Crippen molar-refractivity contribution in [2.75, 3.05) is 14.2 Å². The van der Waals surface area contributed by atoms with Gasteiger partial charge >= 0.3 is 0 Å². The first kappa shape index (κ1) is 23.5. The molecule has 5 rings (SSSR count). The molecular weight excluding hydrogens is 454 g/mol. The van der Waals surface area contributed by atoms with Crippen LogP contribution in [0.4, 0.5) is 0 Å². The minimum absolute atomic E-state index is 0.190. The van der Waals surface area contributed by atoms with Gasteiger partial charge in [-0.15, -0.1) is 0 Å². The molecule has 0 aliphatic carbocycles. The zero-order valence-electron chi connectivity index (χ0n) is 20.7. The normalized spacial score (nSPS) is 17.1. The third-order valence-electron chi connectivity index (χ3n) is 6.91. The molecule has 0 fully saturated rings. The average molecular weight is 484 g/mol. The second-order valence-corrected chi connectivity index (χ2v) is 9.20. The second-order valence-electron chi connectivity index (χ2n) is 9.20. The highest BCUT2D eigenvalue weighted by molar-refractivity contribution is 6.03. The summed E-state index contributed by atoms with van der Waals surface area (Å²) in [7, 11) is 3.16. The minimum atomic E-state index is -1.12. The summed E-state index contributed by atoms with van der Waals surface area (Å²) < 4.78 is 12.8. The van der Waals surface area contributed by atoms with E-state index in [1.165, 1.54) is 0 Å². The predicted molar refractivity (Wildman–Crippen MR) is 138 cm³/mol. The van der Waals surface area contributed by atoms with Gasteiger partial charge in [0, 0.05) is 24.0 Å². The van der Waals surface area contributed by atoms with Crippen molar-refractivity contribution in [2.24, 2.45) is 0 Å². The van der Waals surface area contributed by atoms with Crippen LogP contribution in [0.15, 0.2) is 78.9 Å². The molecule has 0 saturated carbocycles. The molecule has 1 aliphatic heterocycles. The molecule has 0 spiro atoms. The topological polar surface area (TPSA) is 72.8 Å². The molecule has 36 heavy (non-hydrogen) atoms. The third-order valence-corrected chi connectivity index (χ3v) is 6.91. The maximum absolute atomic E-state index is 13.9. The molecule has 7 heteroatoms. The van der Waals surface area contributed by atoms with Gasteiger partial charge in [-0.05, 0) is 42.3 Å². The first-order valence-corrected chi connectivity index (χ1v) is 11.9. The van der Waals surface area contributed by atoms with Gasteiger partial charge in [-0.3, -0.25) is 9.59 Å². The Labute approximate surface area is 210 Å². The number of amides is 2. The highest BCUT2D eigenvalue weighted by Crippen LogP contribution is 2.35. The summed E-state index contributed by atoms with van der Waals surface area (Å²) in [6.07, 6.45) is 0. The summed E-state index contributed by atoms with van der Waals surface area (Å²) in [5, 5.41) is 4.04. The highest BCUT2D eigenvalue weighted by Gasteiger charge is 2.47. The molecule has 1 N–H and O–H groups in total. The van der Waals surface area contributed by atoms with E-state index < -0.39 is 5.54 Å². The van der Waals surface area contributed by atoms with Crippen LogP contribution in [0.3, 0.4) is 0 Å². The number of fused-ring (bicyclic) bond motifs is 3. The van der Waals surface area contributed by atoms with Gasteiger partial charge in [0.05, 0.1) is 20.8 Å². The predicted octanol–water partition coefficient (Wildman–Crippen LogP) is 4.39. The molecule has 1 aromatic heterocycles. The van der Waals surface area contributed by atoms with Gasteiger partial charge < -0.3 is 24.3 Å². The van der Waals surface area contributed by atoms with Crippen molar-refractivity contribution >= 4 is 22.7 Å². The Morgan fingerprint density at radius 2 is 1.64 bits per heavy atom. The summed E-state index contributed by atoms with van der Waals surface area (Å²) in [5.41, 5.74) is 2.23. The van der Waals surface area contributed by atoms with Crippen molar-refractivity contribution in [3.05, 3.63) is 95.7 Å². The lowest BCUT2D eigenvalue weighted by atomic mass is 9.93. The van der Waals surface area contributed by atoms with E-state index in [1.807, 2.05) is 90.4 Å². The van der Waals surface area contributed by atoms with Crippen LogP contribution < -0.4 is 14.8 Å². The number of carbonyl (C=O) groups excluding carboxylic acids is 2. The van der Waals surface area contributed by atoms with Gasteiger partial charge in [-0.2, -0.15) is 0 Å². The number of hydrogen-bond donors (Lipinski definition) is 1. The number of rotatable bonds is 7. The Morgan fingerprint density at radius 3 is 2.39 bits per heavy atom. The van der Waals surface area contributed by atoms with E-state index >= 15 is 0 Å². The molecule has 7 nitrogen and oxygen atoms in total. The maximum Gasteiger partial charge on any atom is 0.271 e. The second kappa shape index (κ2) is 9.41. The summed E-state index contributed by atoms with van der Waals surface area (Å²) >= 11 is 0. The maximum atomic E-state index is 13.9. The van der Waals surface area contributed by atoms with Crippen LogP contribution in [0.5, 0.6) is 11.5 Å². The fourth-order valence-corrected chi connectivity index (χ4v) is 4.88. The number of methoxy groups -OCH3 is 2. The zero-order valence-corrected chi connectivity index (χ0v) is 20.7. The summed E-state index contributed by atoms with van der Waals surface area (Å²) in [4.78, 5) is 29.4. The quantitative estimate of drug-likeness (QED) is 0.423. The third kappa shape index (κ3) is 4.06. The number of hydrogen-bond acceptors (Lipinski definition) is 4. The fourth-order valence-electron chi connectivity index (χ4n) is 4.88. The van der Waals surface area contributed by atoms with Crippen molar-refractivity contribution in [1.82, 2.24) is 14.8 Å². The number of ether oxygens (including phenoxy) is 2. The summed E-state index contributed by atoms with van der Waals surface area (Å²) in [6.45, 7) is 2.81. The van der Waals surface area contributed by atoms with Gasteiger partial charge in [0.25, 0.3) is 5.91 Å². The van der Waals surface area contributed by atoms with Crippen LogP contribution in [-0.4, -0.2) is 41.0 Å². The smallest absolute Gasteiger partial charge is 0.271 e. The van der Waals surface area contributed by atoms with Crippen molar-refractivity contribution in [3.63, 3.8) is 0 Å². The highest BCUT2D eigenvalue weighted by atomic mass is 16.5. The summed E-state index contributed by atoms with van der Waals surface area (Å²) in [6, 6.07) is 25.1. The van der Waals surface area contributed by atoms with Crippen molar-refractivity contribution in [2.45, 2.75) is 32.1 Å². The minimum Gasteiger partial charge on any atom is -0.493 e. The van der Waals surface area contributed by atoms with E-state index in [-0.39, 0.29) is 18.4 Å². The molecular formula is C29H29N3O4. The van der Waals surface area contributed by atoms with Crippen molar-refractivity contribution in [1.29, 1.82) is 0 Å². The fraction of sp³-hybridized carbons (Fsp3) is 0.241. The van der Waals surface area contributed by atoms with Crippen LogP contribution >= 0.6 is 0 Å². The lowest BCUT2D eigenvalue weighted by Gasteiger charge is -2.44. The SMILES string of the molecule is COc1ccc(CN2C(=O)c3cc4ccccc4n3C[C@@]2(C)C(=O)NCc2ccccc2)cc1OC.